The lowest BCUT2D eigenvalue weighted by atomic mass is 10.0. The molecule has 2 heterocycles. The van der Waals surface area contributed by atoms with E-state index in [4.69, 9.17) is 0 Å². The molecule has 1 N–H and O–H groups in total. The zero-order chi connectivity index (χ0) is 20.4. The number of rotatable bonds is 4. The van der Waals surface area contributed by atoms with E-state index in [-0.39, 0.29) is 22.7 Å². The van der Waals surface area contributed by atoms with E-state index in [1.165, 1.54) is 28.6 Å². The van der Waals surface area contributed by atoms with E-state index in [9.17, 15) is 17.6 Å². The lowest BCUT2D eigenvalue weighted by molar-refractivity contribution is 0.0934. The Morgan fingerprint density at radius 2 is 1.90 bits per heavy atom. The topological polar surface area (TPSA) is 66.5 Å². The first-order valence-corrected chi connectivity index (χ1v) is 12.2. The summed E-state index contributed by atoms with van der Waals surface area (Å²) in [4.78, 5) is 13.9. The van der Waals surface area contributed by atoms with Gasteiger partial charge in [-0.2, -0.15) is 4.31 Å². The number of carbonyl (C=O) groups excluding carboxylic acids is 1. The molecule has 0 saturated carbocycles. The fourth-order valence-corrected chi connectivity index (χ4v) is 6.48. The molecule has 8 heteroatoms. The molecule has 2 aromatic rings. The molecule has 0 aromatic heterocycles. The highest BCUT2D eigenvalue weighted by atomic mass is 32.2. The smallest absolute Gasteiger partial charge is 0.251 e. The molecule has 29 heavy (non-hydrogen) atoms. The second kappa shape index (κ2) is 8.45. The van der Waals surface area contributed by atoms with Crippen molar-refractivity contribution in [3.63, 3.8) is 0 Å². The van der Waals surface area contributed by atoms with Gasteiger partial charge in [0, 0.05) is 29.3 Å². The van der Waals surface area contributed by atoms with Gasteiger partial charge in [0.1, 0.15) is 5.82 Å². The Bertz CT molecular complexity index is 1020. The third-order valence-corrected chi connectivity index (χ3v) is 8.38. The van der Waals surface area contributed by atoms with Crippen molar-refractivity contribution in [1.82, 2.24) is 9.62 Å². The Kier molecular flexibility index (Phi) is 5.94. The van der Waals surface area contributed by atoms with Crippen LogP contribution < -0.4 is 5.32 Å². The van der Waals surface area contributed by atoms with Gasteiger partial charge in [-0.15, -0.1) is 11.8 Å². The Balaban J connectivity index is 1.55. The Morgan fingerprint density at radius 3 is 2.69 bits per heavy atom. The summed E-state index contributed by atoms with van der Waals surface area (Å²) in [6.07, 6.45) is 3.44. The molecule has 0 radical (unpaired) electrons. The van der Waals surface area contributed by atoms with E-state index in [0.29, 0.717) is 25.1 Å². The van der Waals surface area contributed by atoms with Gasteiger partial charge in [-0.1, -0.05) is 12.5 Å². The minimum atomic E-state index is -3.60. The van der Waals surface area contributed by atoms with Crippen molar-refractivity contribution < 1.29 is 17.6 Å². The van der Waals surface area contributed by atoms with Crippen molar-refractivity contribution in [2.75, 3.05) is 18.8 Å². The highest BCUT2D eigenvalue weighted by molar-refractivity contribution is 7.99. The minimum Gasteiger partial charge on any atom is -0.345 e. The number of hydrogen-bond acceptors (Lipinski definition) is 4. The van der Waals surface area contributed by atoms with Gasteiger partial charge in [0.2, 0.25) is 10.0 Å². The standard InChI is InChI=1S/C21H23FN2O3S2/c22-16-7-8-20-18(14-16)19(9-12-28-20)23-21(25)15-5-4-6-17(13-15)29(26,27)24-10-2-1-3-11-24/h4-8,13-14,19H,1-3,9-12H2,(H,23,25). The summed E-state index contributed by atoms with van der Waals surface area (Å²) in [7, 11) is -3.60. The molecule has 2 aliphatic heterocycles. The Morgan fingerprint density at radius 1 is 1.10 bits per heavy atom. The van der Waals surface area contributed by atoms with Gasteiger partial charge < -0.3 is 5.32 Å². The fraction of sp³-hybridized carbons (Fsp3) is 0.381. The number of amides is 1. The van der Waals surface area contributed by atoms with Crippen molar-refractivity contribution in [3.05, 3.63) is 59.4 Å². The number of benzene rings is 2. The number of nitrogens with zero attached hydrogens (tertiary/aromatic N) is 1. The first kappa shape index (κ1) is 20.4. The summed E-state index contributed by atoms with van der Waals surface area (Å²) in [5, 5.41) is 2.95. The van der Waals surface area contributed by atoms with E-state index < -0.39 is 10.0 Å². The quantitative estimate of drug-likeness (QED) is 0.791. The molecule has 5 nitrogen and oxygen atoms in total. The summed E-state index contributed by atoms with van der Waals surface area (Å²) in [5.41, 5.74) is 1.06. The van der Waals surface area contributed by atoms with Gasteiger partial charge in [0.25, 0.3) is 5.91 Å². The van der Waals surface area contributed by atoms with Crippen molar-refractivity contribution in [1.29, 1.82) is 0 Å². The van der Waals surface area contributed by atoms with E-state index in [1.807, 2.05) is 0 Å². The van der Waals surface area contributed by atoms with Gasteiger partial charge in [0.05, 0.1) is 10.9 Å². The average Bonchev–Trinajstić information content (AvgIpc) is 2.75. The summed E-state index contributed by atoms with van der Waals surface area (Å²) in [6, 6.07) is 10.5. The summed E-state index contributed by atoms with van der Waals surface area (Å²) in [6.45, 7) is 1.03. The number of sulfonamides is 1. The first-order valence-electron chi connectivity index (χ1n) is 9.78. The number of piperidine rings is 1. The van der Waals surface area contributed by atoms with Crippen molar-refractivity contribution in [2.45, 2.75) is 41.5 Å². The van der Waals surface area contributed by atoms with Crippen LogP contribution in [0.5, 0.6) is 0 Å². The lowest BCUT2D eigenvalue weighted by Crippen LogP contribution is -2.36. The van der Waals surface area contributed by atoms with Crippen LogP contribution in [-0.2, 0) is 10.0 Å². The maximum absolute atomic E-state index is 13.7. The molecule has 1 atom stereocenters. The van der Waals surface area contributed by atoms with Crippen molar-refractivity contribution in [3.8, 4) is 0 Å². The van der Waals surface area contributed by atoms with Crippen LogP contribution in [0, 0.1) is 5.82 Å². The number of nitrogens with one attached hydrogen (secondary N) is 1. The van der Waals surface area contributed by atoms with E-state index in [0.717, 1.165) is 35.5 Å². The molecule has 4 rings (SSSR count). The van der Waals surface area contributed by atoms with Crippen molar-refractivity contribution >= 4 is 27.7 Å². The second-order valence-corrected chi connectivity index (χ2v) is 10.4. The molecule has 1 amide bonds. The van der Waals surface area contributed by atoms with Crippen LogP contribution in [-0.4, -0.2) is 37.5 Å². The van der Waals surface area contributed by atoms with Gasteiger partial charge in [-0.25, -0.2) is 12.8 Å². The molecule has 154 valence electrons. The van der Waals surface area contributed by atoms with Gasteiger partial charge in [0.15, 0.2) is 0 Å². The maximum Gasteiger partial charge on any atom is 0.251 e. The molecule has 2 aliphatic rings. The molecular formula is C21H23FN2O3S2. The van der Waals surface area contributed by atoms with E-state index in [2.05, 4.69) is 5.32 Å². The molecule has 2 aromatic carbocycles. The van der Waals surface area contributed by atoms with Crippen LogP contribution in [0.1, 0.15) is 47.6 Å². The fourth-order valence-electron chi connectivity index (χ4n) is 3.81. The van der Waals surface area contributed by atoms with Crippen molar-refractivity contribution in [2.24, 2.45) is 0 Å². The highest BCUT2D eigenvalue weighted by Crippen LogP contribution is 2.36. The summed E-state index contributed by atoms with van der Waals surface area (Å²) < 4.78 is 41.0. The summed E-state index contributed by atoms with van der Waals surface area (Å²) in [5.74, 6) is 0.139. The normalized spacial score (nSPS) is 20.1. The molecule has 1 unspecified atom stereocenters. The third kappa shape index (κ3) is 4.34. The number of halogens is 1. The molecule has 0 bridgehead atoms. The number of carbonyl (C=O) groups is 1. The van der Waals surface area contributed by atoms with E-state index in [1.54, 1.807) is 30.0 Å². The van der Waals surface area contributed by atoms with Crippen LogP contribution in [0.25, 0.3) is 0 Å². The third-order valence-electron chi connectivity index (χ3n) is 5.37. The molecule has 0 aliphatic carbocycles. The number of fused-ring (bicyclic) bond motifs is 1. The number of thioether (sulfide) groups is 1. The predicted molar refractivity (Wildman–Crippen MR) is 111 cm³/mol. The van der Waals surface area contributed by atoms with Crippen LogP contribution in [0.4, 0.5) is 4.39 Å². The SMILES string of the molecule is O=C(NC1CCSc2ccc(F)cc21)c1cccc(S(=O)(=O)N2CCCCC2)c1. The Hall–Kier alpha value is -1.90. The molecule has 1 saturated heterocycles. The van der Waals surface area contributed by atoms with Crippen LogP contribution in [0.3, 0.4) is 0 Å². The second-order valence-electron chi connectivity index (χ2n) is 7.34. The van der Waals surface area contributed by atoms with E-state index >= 15 is 0 Å². The largest absolute Gasteiger partial charge is 0.345 e. The highest BCUT2D eigenvalue weighted by Gasteiger charge is 2.27. The van der Waals surface area contributed by atoms with Gasteiger partial charge in [-0.3, -0.25) is 4.79 Å². The van der Waals surface area contributed by atoms with Crippen LogP contribution in [0.15, 0.2) is 52.3 Å². The average molecular weight is 435 g/mol. The van der Waals surface area contributed by atoms with Crippen LogP contribution in [0.2, 0.25) is 0 Å². The summed E-state index contributed by atoms with van der Waals surface area (Å²) >= 11 is 1.64. The lowest BCUT2D eigenvalue weighted by Gasteiger charge is -2.27. The van der Waals surface area contributed by atoms with Gasteiger partial charge in [-0.05, 0) is 61.2 Å². The monoisotopic (exact) mass is 434 g/mol. The predicted octanol–water partition coefficient (Wildman–Crippen LogP) is 3.97. The zero-order valence-corrected chi connectivity index (χ0v) is 17.6. The maximum atomic E-state index is 13.7. The first-order chi connectivity index (χ1) is 13.9. The Labute approximate surface area is 174 Å². The van der Waals surface area contributed by atoms with Crippen LogP contribution >= 0.6 is 11.8 Å². The molecule has 0 spiro atoms. The number of hydrogen-bond donors (Lipinski definition) is 1. The minimum absolute atomic E-state index is 0.137. The zero-order valence-electron chi connectivity index (χ0n) is 15.9. The van der Waals surface area contributed by atoms with Gasteiger partial charge >= 0.3 is 0 Å². The molecule has 1 fully saturated rings. The molecular weight excluding hydrogens is 411 g/mol.